The van der Waals surface area contributed by atoms with Gasteiger partial charge in [-0.05, 0) is 49.2 Å². The highest BCUT2D eigenvalue weighted by Gasteiger charge is 2.26. The predicted molar refractivity (Wildman–Crippen MR) is 297 cm³/mol. The van der Waals surface area contributed by atoms with Gasteiger partial charge in [0.05, 0.1) is 58.4 Å². The lowest BCUT2D eigenvalue weighted by Crippen LogP contribution is -2.51. The fourth-order valence-electron chi connectivity index (χ4n) is 7.12. The van der Waals surface area contributed by atoms with Gasteiger partial charge in [0.15, 0.2) is 0 Å². The molecule has 2 aliphatic rings. The summed E-state index contributed by atoms with van der Waals surface area (Å²) < 4.78 is 19.8. The molecule has 7 N–H and O–H groups in total. The van der Waals surface area contributed by atoms with Gasteiger partial charge in [-0.2, -0.15) is 0 Å². The Hall–Kier alpha value is -6.44. The first-order valence-corrected chi connectivity index (χ1v) is 24.6. The van der Waals surface area contributed by atoms with Crippen molar-refractivity contribution in [3.8, 4) is 42.3 Å². The van der Waals surface area contributed by atoms with Gasteiger partial charge < -0.3 is 40.2 Å². The van der Waals surface area contributed by atoms with E-state index < -0.39 is 42.1 Å². The summed E-state index contributed by atoms with van der Waals surface area (Å²) >= 11 is 2.99. The van der Waals surface area contributed by atoms with Crippen LogP contribution < -0.4 is 16.5 Å². The summed E-state index contributed by atoms with van der Waals surface area (Å²) in [6, 6.07) is 28.5. The number of aliphatic hydroxyl groups excluding tert-OH is 2. The average molecular weight is 1090 g/mol. The largest absolute Gasteiger partial charge is 0.468 e. The van der Waals surface area contributed by atoms with Crippen LogP contribution in [0.15, 0.2) is 97.1 Å². The molecule has 4 aromatic carbocycles. The van der Waals surface area contributed by atoms with Crippen molar-refractivity contribution >= 4 is 46.4 Å². The fourth-order valence-corrected chi connectivity index (χ4v) is 8.83. The third kappa shape index (κ3) is 19.0. The van der Waals surface area contributed by atoms with Crippen LogP contribution in [0.1, 0.15) is 75.4 Å². The first-order valence-electron chi connectivity index (χ1n) is 23.0. The second kappa shape index (κ2) is 32.9. The van der Waals surface area contributed by atoms with E-state index in [1.165, 1.54) is 67.3 Å². The van der Waals surface area contributed by atoms with Crippen LogP contribution in [0.3, 0.4) is 0 Å². The van der Waals surface area contributed by atoms with Crippen molar-refractivity contribution in [1.29, 1.82) is 0 Å². The molecule has 4 heterocycles. The first kappa shape index (κ1) is 65.7. The molecule has 2 aliphatic heterocycles. The minimum atomic E-state index is -1.28. The van der Waals surface area contributed by atoms with Gasteiger partial charge in [-0.1, -0.05) is 125 Å². The van der Waals surface area contributed by atoms with Gasteiger partial charge in [-0.15, -0.1) is 20.4 Å². The maximum absolute atomic E-state index is 12.5. The van der Waals surface area contributed by atoms with Crippen LogP contribution in [0.2, 0.25) is 0 Å². The normalized spacial score (nSPS) is 14.7. The van der Waals surface area contributed by atoms with Crippen LogP contribution in [0.4, 0.5) is 0 Å². The van der Waals surface area contributed by atoms with Gasteiger partial charge in [0.25, 0.3) is 11.8 Å². The molecule has 22 heteroatoms. The molecule has 2 amide bonds. The van der Waals surface area contributed by atoms with Crippen LogP contribution in [-0.2, 0) is 41.6 Å². The van der Waals surface area contributed by atoms with Crippen molar-refractivity contribution in [2.45, 2.75) is 80.9 Å². The molecule has 2 saturated heterocycles. The molecule has 8 rings (SSSR count). The second-order valence-electron chi connectivity index (χ2n) is 16.6. The Morgan fingerprint density at radius 1 is 0.592 bits per heavy atom. The fraction of sp³-hybridized carbons (Fsp3) is 0.407. The van der Waals surface area contributed by atoms with Crippen molar-refractivity contribution in [2.75, 3.05) is 66.8 Å². The van der Waals surface area contributed by atoms with Crippen LogP contribution in [0.5, 0.6) is 0 Å². The van der Waals surface area contributed by atoms with E-state index in [0.29, 0.717) is 16.1 Å². The Balaban J connectivity index is 0.000000434. The third-order valence-electron chi connectivity index (χ3n) is 11.4. The zero-order valence-electron chi connectivity index (χ0n) is 40.3. The molecule has 20 nitrogen and oxygen atoms in total. The SMILES string of the molecule is C.C.C.C.COC(=O)[C@@H](N)[C@@H](C)O.COC(=O)c1ccc(-c2nnc(-c3ccc(CN4CCOCC4)cc3)s2)cc1.C[C@@H](O)[C@H](NC(=O)c1ccc(-c2nnc(-c3ccc(CN4CCOCC4)cc3)s2)cc1)C(=O)NO. The minimum absolute atomic E-state index is 0. The van der Waals surface area contributed by atoms with Gasteiger partial charge in [0.1, 0.15) is 32.1 Å². The molecule has 6 aromatic rings. The number of aliphatic hydroxyl groups is 2. The molecule has 4 atom stereocenters. The molecule has 2 aromatic heterocycles. The highest BCUT2D eigenvalue weighted by atomic mass is 32.1. The number of benzene rings is 4. The highest BCUT2D eigenvalue weighted by Crippen LogP contribution is 2.32. The number of rotatable bonds is 15. The Morgan fingerprint density at radius 3 is 1.25 bits per heavy atom. The number of hydrogen-bond donors (Lipinski definition) is 6. The van der Waals surface area contributed by atoms with Gasteiger partial charge in [0, 0.05) is 67.1 Å². The van der Waals surface area contributed by atoms with E-state index >= 15 is 0 Å². The molecule has 2 fully saturated rings. The number of morpholine rings is 2. The van der Waals surface area contributed by atoms with E-state index in [9.17, 15) is 24.3 Å². The number of ether oxygens (including phenoxy) is 4. The number of aromatic nitrogens is 4. The number of nitrogens with zero attached hydrogens (tertiary/aromatic N) is 6. The average Bonchev–Trinajstić information content (AvgIpc) is 4.13. The van der Waals surface area contributed by atoms with Gasteiger partial charge >= 0.3 is 11.9 Å². The molecule has 0 unspecified atom stereocenters. The van der Waals surface area contributed by atoms with E-state index in [4.69, 9.17) is 30.3 Å². The lowest BCUT2D eigenvalue weighted by Gasteiger charge is -2.26. The van der Waals surface area contributed by atoms with Crippen molar-refractivity contribution in [2.24, 2.45) is 5.73 Å². The number of carbonyl (C=O) groups excluding carboxylic acids is 4. The summed E-state index contributed by atoms with van der Waals surface area (Å²) in [5.74, 6) is -2.40. The molecule has 0 bridgehead atoms. The maximum atomic E-state index is 12.5. The summed E-state index contributed by atoms with van der Waals surface area (Å²) in [5, 5.41) is 50.0. The molecule has 76 heavy (non-hydrogen) atoms. The second-order valence-corrected chi connectivity index (χ2v) is 18.6. The summed E-state index contributed by atoms with van der Waals surface area (Å²) in [6.07, 6.45) is -2.03. The number of amides is 2. The number of nitrogens with two attached hydrogens (primary N) is 1. The summed E-state index contributed by atoms with van der Waals surface area (Å²) in [7, 11) is 2.60. The molecule has 0 spiro atoms. The van der Waals surface area contributed by atoms with E-state index in [-0.39, 0.29) is 35.7 Å². The molecule has 0 saturated carbocycles. The van der Waals surface area contributed by atoms with Crippen molar-refractivity contribution < 1.29 is 53.5 Å². The van der Waals surface area contributed by atoms with Crippen molar-refractivity contribution in [3.05, 3.63) is 119 Å². The van der Waals surface area contributed by atoms with Crippen LogP contribution >= 0.6 is 22.7 Å². The van der Waals surface area contributed by atoms with E-state index in [2.05, 4.69) is 88.8 Å². The van der Waals surface area contributed by atoms with E-state index in [1.54, 1.807) is 36.4 Å². The Bertz CT molecular complexity index is 2660. The number of hydroxylamine groups is 1. The topological polar surface area (TPSA) is 274 Å². The predicted octanol–water partition coefficient (Wildman–Crippen LogP) is 6.59. The quantitative estimate of drug-likeness (QED) is 0.0359. The number of esters is 2. The van der Waals surface area contributed by atoms with Crippen LogP contribution in [0.25, 0.3) is 42.3 Å². The number of nitrogens with one attached hydrogen (secondary N) is 2. The van der Waals surface area contributed by atoms with Crippen LogP contribution in [0, 0.1) is 0 Å². The van der Waals surface area contributed by atoms with Gasteiger partial charge in [-0.3, -0.25) is 29.4 Å². The number of carbonyl (C=O) groups is 4. The van der Waals surface area contributed by atoms with Crippen LogP contribution in [-0.4, -0.2) is 160 Å². The maximum Gasteiger partial charge on any atom is 0.337 e. The summed E-state index contributed by atoms with van der Waals surface area (Å²) in [6.45, 7) is 11.6. The zero-order valence-corrected chi connectivity index (χ0v) is 41.9. The minimum Gasteiger partial charge on any atom is -0.468 e. The van der Waals surface area contributed by atoms with E-state index in [0.717, 1.165) is 103 Å². The number of hydrogen-bond acceptors (Lipinski definition) is 20. The van der Waals surface area contributed by atoms with Crippen molar-refractivity contribution in [3.63, 3.8) is 0 Å². The Labute approximate surface area is 454 Å². The molecular weight excluding hydrogens is 1010 g/mol. The summed E-state index contributed by atoms with van der Waals surface area (Å²) in [4.78, 5) is 50.9. The smallest absolute Gasteiger partial charge is 0.337 e. The Morgan fingerprint density at radius 2 is 0.947 bits per heavy atom. The zero-order chi connectivity index (χ0) is 51.6. The first-order chi connectivity index (χ1) is 34.8. The van der Waals surface area contributed by atoms with Gasteiger partial charge in [-0.25, -0.2) is 10.3 Å². The van der Waals surface area contributed by atoms with E-state index in [1.807, 2.05) is 12.1 Å². The summed E-state index contributed by atoms with van der Waals surface area (Å²) in [5.41, 5.74) is 13.7. The van der Waals surface area contributed by atoms with Crippen molar-refractivity contribution in [1.82, 2.24) is 41.0 Å². The molecule has 414 valence electrons. The highest BCUT2D eigenvalue weighted by molar-refractivity contribution is 7.18. The molecule has 0 aliphatic carbocycles. The number of methoxy groups -OCH3 is 2. The lowest BCUT2D eigenvalue weighted by atomic mass is 10.1. The molecular formula is C54H75N9O11S2. The lowest BCUT2D eigenvalue weighted by molar-refractivity contribution is -0.144. The third-order valence-corrected chi connectivity index (χ3v) is 13.4. The molecule has 0 radical (unpaired) electrons. The Kier molecular flexibility index (Phi) is 28.4. The van der Waals surface area contributed by atoms with Gasteiger partial charge in [0.2, 0.25) is 0 Å². The standard InChI is InChI=1S/C24H27N5O5S.C21H21N3O3S.C5H11NO3.4CH4/c1-15(30)20(22(32)28-33)25-21(31)17-6-8-19(9-7-17)24-27-26-23(35-24)18-4-2-16(3-5-18)14-29-10-12-34-13-11-29;1-26-21(25)18-8-6-17(7-9-18)20-23-22-19(28-20)16-4-2-15(3-5-16)14-24-10-12-27-13-11-24;1-3(7)4(6)5(8)9-2;;;;/h2-9,15,20,30,33H,10-14H2,1H3,(H,25,31)(H,28,32);2-9H,10-14H2,1H3;3-4,7H,6H2,1-2H3;4*1H4/t15-,20+;;3-,4+;;;;/m1.1..../s1. The monoisotopic (exact) mass is 1090 g/mol.